The number of aryl methyl sites for hydroxylation is 1. The van der Waals surface area contributed by atoms with Crippen LogP contribution >= 0.6 is 24.0 Å². The highest BCUT2D eigenvalue weighted by Gasteiger charge is 2.10. The zero-order chi connectivity index (χ0) is 15.2. The fourth-order valence-electron chi connectivity index (χ4n) is 2.11. The molecule has 0 amide bonds. The predicted octanol–water partition coefficient (Wildman–Crippen LogP) is 4.35. The van der Waals surface area contributed by atoms with Gasteiger partial charge in [0.1, 0.15) is 4.99 Å². The molecule has 0 aromatic heterocycles. The maximum atomic E-state index is 5.91. The van der Waals surface area contributed by atoms with Crippen LogP contribution in [0.5, 0.6) is 0 Å². The minimum absolute atomic E-state index is 0.443. The summed E-state index contributed by atoms with van der Waals surface area (Å²) < 4.78 is 0. The first-order chi connectivity index (χ1) is 10.1. The molecular formula is C17H20N2S2. The SMILES string of the molecule is CCSc1cccc(NCc2ccc(C)cc2)c1C(N)=S. The third kappa shape index (κ3) is 4.22. The molecule has 2 rings (SSSR count). The first-order valence-electron chi connectivity index (χ1n) is 6.97. The highest BCUT2D eigenvalue weighted by atomic mass is 32.2. The molecule has 2 nitrogen and oxygen atoms in total. The van der Waals surface area contributed by atoms with Gasteiger partial charge in [0.15, 0.2) is 0 Å². The Hall–Kier alpha value is -1.52. The molecule has 3 N–H and O–H groups in total. The van der Waals surface area contributed by atoms with Crippen molar-refractivity contribution in [2.45, 2.75) is 25.3 Å². The number of hydrogen-bond acceptors (Lipinski definition) is 3. The Bertz CT molecular complexity index is 621. The van der Waals surface area contributed by atoms with Crippen molar-refractivity contribution in [1.82, 2.24) is 0 Å². The quantitative estimate of drug-likeness (QED) is 0.614. The number of thioether (sulfide) groups is 1. The summed E-state index contributed by atoms with van der Waals surface area (Å²) in [4.78, 5) is 1.58. The standard InChI is InChI=1S/C17H20N2S2/c1-3-21-15-6-4-5-14(16(15)17(18)20)19-11-13-9-7-12(2)8-10-13/h4-10,19H,3,11H2,1-2H3,(H2,18,20). The average molecular weight is 316 g/mol. The van der Waals surface area contributed by atoms with Crippen LogP contribution in [0.15, 0.2) is 47.4 Å². The molecule has 0 saturated heterocycles. The third-order valence-electron chi connectivity index (χ3n) is 3.18. The molecule has 0 aliphatic heterocycles. The number of nitrogens with one attached hydrogen (secondary N) is 1. The number of thiocarbonyl (C=S) groups is 1. The summed E-state index contributed by atoms with van der Waals surface area (Å²) in [5.41, 5.74) is 10.4. The molecule has 0 heterocycles. The number of hydrogen-bond donors (Lipinski definition) is 2. The summed E-state index contributed by atoms with van der Waals surface area (Å²) in [5, 5.41) is 3.45. The van der Waals surface area contributed by atoms with Crippen molar-refractivity contribution in [3.63, 3.8) is 0 Å². The van der Waals surface area contributed by atoms with E-state index in [4.69, 9.17) is 18.0 Å². The lowest BCUT2D eigenvalue weighted by Crippen LogP contribution is -2.14. The fourth-order valence-corrected chi connectivity index (χ4v) is 3.25. The average Bonchev–Trinajstić information content (AvgIpc) is 2.47. The molecule has 0 unspecified atom stereocenters. The molecule has 0 fully saturated rings. The van der Waals surface area contributed by atoms with Crippen LogP contribution in [0.25, 0.3) is 0 Å². The van der Waals surface area contributed by atoms with Gasteiger partial charge in [0, 0.05) is 22.7 Å². The number of rotatable bonds is 6. The van der Waals surface area contributed by atoms with Crippen molar-refractivity contribution in [2.75, 3.05) is 11.1 Å². The van der Waals surface area contributed by atoms with Crippen LogP contribution in [0.2, 0.25) is 0 Å². The Morgan fingerprint density at radius 3 is 2.52 bits per heavy atom. The molecule has 0 bridgehead atoms. The summed E-state index contributed by atoms with van der Waals surface area (Å²) in [7, 11) is 0. The van der Waals surface area contributed by atoms with E-state index in [1.54, 1.807) is 11.8 Å². The second-order valence-electron chi connectivity index (χ2n) is 4.82. The molecule has 110 valence electrons. The highest BCUT2D eigenvalue weighted by Crippen LogP contribution is 2.28. The van der Waals surface area contributed by atoms with Gasteiger partial charge in [0.25, 0.3) is 0 Å². The maximum Gasteiger partial charge on any atom is 0.107 e. The van der Waals surface area contributed by atoms with Crippen LogP contribution < -0.4 is 11.1 Å². The van der Waals surface area contributed by atoms with Crippen LogP contribution in [0.3, 0.4) is 0 Å². The van der Waals surface area contributed by atoms with Crippen LogP contribution in [0, 0.1) is 6.92 Å². The van der Waals surface area contributed by atoms with Gasteiger partial charge in [0.05, 0.1) is 0 Å². The van der Waals surface area contributed by atoms with E-state index < -0.39 is 0 Å². The van der Waals surface area contributed by atoms with Gasteiger partial charge in [-0.15, -0.1) is 11.8 Å². The molecule has 0 saturated carbocycles. The molecule has 0 spiro atoms. The van der Waals surface area contributed by atoms with Gasteiger partial charge in [-0.2, -0.15) is 0 Å². The normalized spacial score (nSPS) is 10.4. The Morgan fingerprint density at radius 1 is 1.19 bits per heavy atom. The molecule has 4 heteroatoms. The Morgan fingerprint density at radius 2 is 1.90 bits per heavy atom. The summed E-state index contributed by atoms with van der Waals surface area (Å²) >= 11 is 6.98. The Kier molecular flexibility index (Phi) is 5.65. The van der Waals surface area contributed by atoms with Gasteiger partial charge >= 0.3 is 0 Å². The van der Waals surface area contributed by atoms with Crippen LogP contribution in [0.1, 0.15) is 23.6 Å². The fraction of sp³-hybridized carbons (Fsp3) is 0.235. The Labute approximate surface area is 136 Å². The number of nitrogens with two attached hydrogens (primary N) is 1. The molecular weight excluding hydrogens is 296 g/mol. The molecule has 0 aliphatic rings. The van der Waals surface area contributed by atoms with Crippen LogP contribution in [0.4, 0.5) is 5.69 Å². The first-order valence-corrected chi connectivity index (χ1v) is 8.36. The predicted molar refractivity (Wildman–Crippen MR) is 97.2 cm³/mol. The Balaban J connectivity index is 2.21. The smallest absolute Gasteiger partial charge is 0.107 e. The van der Waals surface area contributed by atoms with Crippen molar-refractivity contribution in [3.8, 4) is 0 Å². The monoisotopic (exact) mass is 316 g/mol. The lowest BCUT2D eigenvalue weighted by atomic mass is 10.1. The molecule has 2 aromatic carbocycles. The van der Waals surface area contributed by atoms with E-state index in [2.05, 4.69) is 49.5 Å². The van der Waals surface area contributed by atoms with Gasteiger partial charge in [-0.25, -0.2) is 0 Å². The second kappa shape index (κ2) is 7.48. The zero-order valence-electron chi connectivity index (χ0n) is 12.3. The third-order valence-corrected chi connectivity index (χ3v) is 4.32. The zero-order valence-corrected chi connectivity index (χ0v) is 14.0. The van der Waals surface area contributed by atoms with E-state index >= 15 is 0 Å². The largest absolute Gasteiger partial charge is 0.389 e. The van der Waals surface area contributed by atoms with E-state index in [-0.39, 0.29) is 0 Å². The van der Waals surface area contributed by atoms with Crippen molar-refractivity contribution in [3.05, 3.63) is 59.2 Å². The number of anilines is 1. The second-order valence-corrected chi connectivity index (χ2v) is 6.56. The van der Waals surface area contributed by atoms with E-state index in [1.165, 1.54) is 11.1 Å². The minimum atomic E-state index is 0.443. The van der Waals surface area contributed by atoms with E-state index in [0.29, 0.717) is 4.99 Å². The lowest BCUT2D eigenvalue weighted by Gasteiger charge is -2.15. The van der Waals surface area contributed by atoms with Crippen molar-refractivity contribution in [2.24, 2.45) is 5.73 Å². The minimum Gasteiger partial charge on any atom is -0.389 e. The van der Waals surface area contributed by atoms with Crippen LogP contribution in [-0.4, -0.2) is 10.7 Å². The summed E-state index contributed by atoms with van der Waals surface area (Å²) in [5.74, 6) is 0.997. The van der Waals surface area contributed by atoms with Crippen molar-refractivity contribution >= 4 is 34.7 Å². The number of benzene rings is 2. The van der Waals surface area contributed by atoms with Gasteiger partial charge in [0.2, 0.25) is 0 Å². The van der Waals surface area contributed by atoms with Gasteiger partial charge in [-0.3, -0.25) is 0 Å². The van der Waals surface area contributed by atoms with Gasteiger partial charge in [-0.1, -0.05) is 55.0 Å². The topological polar surface area (TPSA) is 38.0 Å². The van der Waals surface area contributed by atoms with E-state index in [1.807, 2.05) is 12.1 Å². The van der Waals surface area contributed by atoms with E-state index in [0.717, 1.165) is 28.4 Å². The van der Waals surface area contributed by atoms with E-state index in [9.17, 15) is 0 Å². The molecule has 2 aromatic rings. The lowest BCUT2D eigenvalue weighted by molar-refractivity contribution is 1.14. The van der Waals surface area contributed by atoms with Crippen LogP contribution in [-0.2, 0) is 6.54 Å². The highest BCUT2D eigenvalue weighted by molar-refractivity contribution is 7.99. The summed E-state index contributed by atoms with van der Waals surface area (Å²) in [6.45, 7) is 4.98. The van der Waals surface area contributed by atoms with Crippen molar-refractivity contribution < 1.29 is 0 Å². The molecule has 0 aliphatic carbocycles. The van der Waals surface area contributed by atoms with Gasteiger partial charge in [-0.05, 0) is 30.4 Å². The van der Waals surface area contributed by atoms with Gasteiger partial charge < -0.3 is 11.1 Å². The summed E-state index contributed by atoms with van der Waals surface area (Å²) in [6, 6.07) is 14.6. The molecule has 21 heavy (non-hydrogen) atoms. The molecule has 0 radical (unpaired) electrons. The maximum absolute atomic E-state index is 5.91. The first kappa shape index (κ1) is 15.9. The molecule has 0 atom stereocenters. The summed E-state index contributed by atoms with van der Waals surface area (Å²) in [6.07, 6.45) is 0. The van der Waals surface area contributed by atoms with Crippen molar-refractivity contribution in [1.29, 1.82) is 0 Å².